The van der Waals surface area contributed by atoms with Crippen LogP contribution in [-0.2, 0) is 9.59 Å². The van der Waals surface area contributed by atoms with Gasteiger partial charge in [-0.15, -0.1) is 0 Å². The predicted molar refractivity (Wildman–Crippen MR) is 121 cm³/mol. The van der Waals surface area contributed by atoms with Crippen LogP contribution in [0.15, 0.2) is 30.3 Å². The van der Waals surface area contributed by atoms with E-state index in [4.69, 9.17) is 4.74 Å². The second kappa shape index (κ2) is 11.0. The first kappa shape index (κ1) is 22.1. The zero-order valence-electron chi connectivity index (χ0n) is 18.7. The molecular formula is C25H37N3O3. The summed E-state index contributed by atoms with van der Waals surface area (Å²) in [6, 6.07) is 9.43. The van der Waals surface area contributed by atoms with Gasteiger partial charge in [-0.2, -0.15) is 0 Å². The van der Waals surface area contributed by atoms with Gasteiger partial charge >= 0.3 is 0 Å². The van der Waals surface area contributed by atoms with Crippen molar-refractivity contribution in [3.63, 3.8) is 0 Å². The lowest BCUT2D eigenvalue weighted by Gasteiger charge is -2.39. The van der Waals surface area contributed by atoms with Crippen LogP contribution in [0.5, 0.6) is 5.75 Å². The normalized spacial score (nSPS) is 21.8. The molecule has 1 aromatic carbocycles. The van der Waals surface area contributed by atoms with E-state index in [1.54, 1.807) is 0 Å². The lowest BCUT2D eigenvalue weighted by Crippen LogP contribution is -2.48. The number of hydrogen-bond donors (Lipinski definition) is 0. The van der Waals surface area contributed by atoms with Crippen molar-refractivity contribution < 1.29 is 14.3 Å². The van der Waals surface area contributed by atoms with Crippen molar-refractivity contribution in [1.29, 1.82) is 0 Å². The molecule has 0 radical (unpaired) electrons. The van der Waals surface area contributed by atoms with Crippen molar-refractivity contribution in [3.8, 4) is 5.75 Å². The topological polar surface area (TPSA) is 53.1 Å². The van der Waals surface area contributed by atoms with E-state index in [1.807, 2.05) is 35.2 Å². The molecule has 0 bridgehead atoms. The molecule has 1 aromatic rings. The summed E-state index contributed by atoms with van der Waals surface area (Å²) < 4.78 is 5.59. The maximum atomic E-state index is 13.0. The van der Waals surface area contributed by atoms with E-state index in [9.17, 15) is 9.59 Å². The van der Waals surface area contributed by atoms with Crippen molar-refractivity contribution in [2.75, 3.05) is 52.4 Å². The Bertz CT molecular complexity index is 704. The van der Waals surface area contributed by atoms with E-state index in [2.05, 4.69) is 9.80 Å². The number of amides is 2. The first-order valence-electron chi connectivity index (χ1n) is 12.2. The van der Waals surface area contributed by atoms with Crippen LogP contribution in [0, 0.1) is 11.8 Å². The minimum atomic E-state index is 0.00767. The van der Waals surface area contributed by atoms with Gasteiger partial charge in [-0.05, 0) is 69.7 Å². The van der Waals surface area contributed by atoms with Crippen molar-refractivity contribution in [3.05, 3.63) is 30.3 Å². The monoisotopic (exact) mass is 427 g/mol. The number of rotatable bonds is 6. The zero-order valence-corrected chi connectivity index (χ0v) is 18.7. The lowest BCUT2D eigenvalue weighted by molar-refractivity contribution is -0.142. The van der Waals surface area contributed by atoms with Gasteiger partial charge in [-0.3, -0.25) is 9.59 Å². The molecule has 31 heavy (non-hydrogen) atoms. The van der Waals surface area contributed by atoms with Gasteiger partial charge < -0.3 is 19.4 Å². The van der Waals surface area contributed by atoms with E-state index >= 15 is 0 Å². The lowest BCUT2D eigenvalue weighted by atomic mass is 9.91. The number of carbonyl (C=O) groups excluding carboxylic acids is 2. The Morgan fingerprint density at radius 2 is 1.45 bits per heavy atom. The third-order valence-electron chi connectivity index (χ3n) is 7.19. The molecule has 0 unspecified atom stereocenters. The van der Waals surface area contributed by atoms with Crippen molar-refractivity contribution in [2.24, 2.45) is 11.8 Å². The molecule has 0 aliphatic carbocycles. The largest absolute Gasteiger partial charge is 0.484 e. The highest BCUT2D eigenvalue weighted by Crippen LogP contribution is 2.25. The predicted octanol–water partition coefficient (Wildman–Crippen LogP) is 3.03. The van der Waals surface area contributed by atoms with E-state index in [0.29, 0.717) is 24.7 Å². The van der Waals surface area contributed by atoms with Gasteiger partial charge in [0.25, 0.3) is 5.91 Å². The summed E-state index contributed by atoms with van der Waals surface area (Å²) in [5.74, 6) is 1.84. The highest BCUT2D eigenvalue weighted by Gasteiger charge is 2.32. The second-order valence-corrected chi connectivity index (χ2v) is 9.39. The summed E-state index contributed by atoms with van der Waals surface area (Å²) in [6.45, 7) is 6.90. The van der Waals surface area contributed by atoms with Crippen LogP contribution in [0.1, 0.15) is 44.9 Å². The number of para-hydroxylation sites is 1. The molecule has 6 heteroatoms. The molecular weight excluding hydrogens is 390 g/mol. The fraction of sp³-hybridized carbons (Fsp3) is 0.680. The molecule has 0 N–H and O–H groups in total. The van der Waals surface area contributed by atoms with Crippen molar-refractivity contribution in [1.82, 2.24) is 14.7 Å². The average molecular weight is 428 g/mol. The summed E-state index contributed by atoms with van der Waals surface area (Å²) in [4.78, 5) is 32.0. The van der Waals surface area contributed by atoms with Crippen molar-refractivity contribution >= 4 is 11.8 Å². The van der Waals surface area contributed by atoms with Crippen LogP contribution in [0.4, 0.5) is 0 Å². The minimum Gasteiger partial charge on any atom is -0.484 e. The molecule has 4 rings (SSSR count). The van der Waals surface area contributed by atoms with Gasteiger partial charge in [0.05, 0.1) is 0 Å². The molecule has 3 saturated heterocycles. The second-order valence-electron chi connectivity index (χ2n) is 9.39. The first-order chi connectivity index (χ1) is 15.2. The quantitative estimate of drug-likeness (QED) is 0.700. The highest BCUT2D eigenvalue weighted by atomic mass is 16.5. The van der Waals surface area contributed by atoms with Gasteiger partial charge in [0.1, 0.15) is 5.75 Å². The molecule has 3 fully saturated rings. The van der Waals surface area contributed by atoms with Gasteiger partial charge in [0.15, 0.2) is 6.61 Å². The summed E-state index contributed by atoms with van der Waals surface area (Å²) in [5.41, 5.74) is 0. The summed E-state index contributed by atoms with van der Waals surface area (Å²) in [6.07, 6.45) is 7.88. The Labute approximate surface area is 186 Å². The van der Waals surface area contributed by atoms with E-state index in [-0.39, 0.29) is 18.4 Å². The van der Waals surface area contributed by atoms with Crippen molar-refractivity contribution in [2.45, 2.75) is 44.9 Å². The fourth-order valence-electron chi connectivity index (χ4n) is 5.23. The smallest absolute Gasteiger partial charge is 0.260 e. The third-order valence-corrected chi connectivity index (χ3v) is 7.19. The van der Waals surface area contributed by atoms with Crippen LogP contribution >= 0.6 is 0 Å². The molecule has 3 aliphatic heterocycles. The van der Waals surface area contributed by atoms with Gasteiger partial charge in [0, 0.05) is 38.6 Å². The van der Waals surface area contributed by atoms with E-state index in [0.717, 1.165) is 44.7 Å². The number of hydrogen-bond acceptors (Lipinski definition) is 4. The first-order valence-corrected chi connectivity index (χ1v) is 12.2. The average Bonchev–Trinajstić information content (AvgIpc) is 2.84. The van der Waals surface area contributed by atoms with Crippen LogP contribution in [0.25, 0.3) is 0 Å². The van der Waals surface area contributed by atoms with Crippen LogP contribution in [-0.4, -0.2) is 78.9 Å². The Hall–Kier alpha value is -2.08. The molecule has 2 amide bonds. The van der Waals surface area contributed by atoms with E-state index in [1.165, 1.54) is 38.9 Å². The number of nitrogens with zero attached hydrogens (tertiary/aromatic N) is 3. The fourth-order valence-corrected chi connectivity index (χ4v) is 5.23. The summed E-state index contributed by atoms with van der Waals surface area (Å²) in [5, 5.41) is 0. The number of ether oxygens (including phenoxy) is 1. The molecule has 6 nitrogen and oxygen atoms in total. The zero-order chi connectivity index (χ0) is 21.5. The minimum absolute atomic E-state index is 0.00767. The van der Waals surface area contributed by atoms with Crippen LogP contribution < -0.4 is 4.74 Å². The molecule has 170 valence electrons. The molecule has 0 spiro atoms. The standard InChI is InChI=1S/C25H37N3O3/c29-24(20-31-23-7-3-1-4-8-23)27-17-11-22(12-18-27)25(30)28-15-9-21(10-16-28)19-26-13-5-2-6-14-26/h1,3-4,7-8,21-22H,2,5-6,9-20H2. The summed E-state index contributed by atoms with van der Waals surface area (Å²) in [7, 11) is 0. The molecule has 0 aromatic heterocycles. The number of piperidine rings is 3. The molecule has 3 aliphatic rings. The van der Waals surface area contributed by atoms with E-state index < -0.39 is 0 Å². The van der Waals surface area contributed by atoms with Crippen LogP contribution in [0.2, 0.25) is 0 Å². The molecule has 0 saturated carbocycles. The van der Waals surface area contributed by atoms with Gasteiger partial charge in [-0.25, -0.2) is 0 Å². The number of carbonyl (C=O) groups is 2. The Morgan fingerprint density at radius 3 is 2.13 bits per heavy atom. The Balaban J connectivity index is 1.15. The highest BCUT2D eigenvalue weighted by molar-refractivity contribution is 5.80. The number of benzene rings is 1. The Kier molecular flexibility index (Phi) is 7.84. The molecule has 3 heterocycles. The Morgan fingerprint density at radius 1 is 0.806 bits per heavy atom. The van der Waals surface area contributed by atoms with Crippen LogP contribution in [0.3, 0.4) is 0 Å². The third kappa shape index (κ3) is 6.22. The van der Waals surface area contributed by atoms with Gasteiger partial charge in [-0.1, -0.05) is 24.6 Å². The SMILES string of the molecule is O=C(COc1ccccc1)N1CCC(C(=O)N2CCC(CN3CCCCC3)CC2)CC1. The summed E-state index contributed by atoms with van der Waals surface area (Å²) >= 11 is 0. The van der Waals surface area contributed by atoms with Gasteiger partial charge in [0.2, 0.25) is 5.91 Å². The molecule has 0 atom stereocenters. The maximum Gasteiger partial charge on any atom is 0.260 e. The maximum absolute atomic E-state index is 13.0. The number of likely N-dealkylation sites (tertiary alicyclic amines) is 3.